The van der Waals surface area contributed by atoms with E-state index in [2.05, 4.69) is 15.6 Å². The molecule has 1 N–H and O–H groups in total. The normalized spacial score (nSPS) is 22.5. The third-order valence-corrected chi connectivity index (χ3v) is 4.54. The van der Waals surface area contributed by atoms with Crippen molar-refractivity contribution in [1.82, 2.24) is 19.9 Å². The largest absolute Gasteiger partial charge is 0.497 e. The summed E-state index contributed by atoms with van der Waals surface area (Å²) in [4.78, 5) is 14.3. The van der Waals surface area contributed by atoms with Gasteiger partial charge in [0, 0.05) is 18.3 Å². The number of likely N-dealkylation sites (tertiary alicyclic amines) is 1. The minimum atomic E-state index is -0.130. The Kier molecular flexibility index (Phi) is 3.81. The van der Waals surface area contributed by atoms with Crippen LogP contribution >= 0.6 is 0 Å². The molecular weight excluding hydrogens is 310 g/mol. The van der Waals surface area contributed by atoms with Gasteiger partial charge in [0.15, 0.2) is 0 Å². The number of ether oxygens (including phenoxy) is 2. The average molecular weight is 329 g/mol. The maximum atomic E-state index is 12.5. The molecule has 0 aliphatic carbocycles. The molecule has 3 heterocycles. The molecule has 1 fully saturated rings. The third kappa shape index (κ3) is 2.69. The zero-order valence-corrected chi connectivity index (χ0v) is 13.4. The predicted octanol–water partition coefficient (Wildman–Crippen LogP) is 1.66. The quantitative estimate of drug-likeness (QED) is 0.906. The second-order valence-corrected chi connectivity index (χ2v) is 5.98. The van der Waals surface area contributed by atoms with E-state index in [1.54, 1.807) is 24.3 Å². The Morgan fingerprint density at radius 1 is 1.46 bits per heavy atom. The van der Waals surface area contributed by atoms with E-state index in [0.717, 1.165) is 12.1 Å². The fourth-order valence-corrected chi connectivity index (χ4v) is 3.28. The van der Waals surface area contributed by atoms with Gasteiger partial charge in [0.25, 0.3) is 0 Å². The van der Waals surface area contributed by atoms with Gasteiger partial charge in [0.2, 0.25) is 0 Å². The highest BCUT2D eigenvalue weighted by atomic mass is 16.5. The molecule has 0 bridgehead atoms. The lowest BCUT2D eigenvalue weighted by Gasteiger charge is -2.40. The van der Waals surface area contributed by atoms with Crippen LogP contribution in [0.15, 0.2) is 30.5 Å². The van der Waals surface area contributed by atoms with E-state index >= 15 is 0 Å². The van der Waals surface area contributed by atoms with Gasteiger partial charge in [0.05, 0.1) is 44.3 Å². The number of nitrogens with one attached hydrogen (secondary N) is 1. The zero-order valence-electron chi connectivity index (χ0n) is 13.4. The fourth-order valence-electron chi connectivity index (χ4n) is 3.28. The van der Waals surface area contributed by atoms with Crippen LogP contribution in [0.4, 0.5) is 10.5 Å². The molecule has 8 nitrogen and oxygen atoms in total. The molecule has 0 saturated carbocycles. The number of aromatic nitrogens is 3. The van der Waals surface area contributed by atoms with Gasteiger partial charge in [-0.2, -0.15) is 0 Å². The summed E-state index contributed by atoms with van der Waals surface area (Å²) in [6.07, 6.45) is 2.48. The molecule has 24 heavy (non-hydrogen) atoms. The molecule has 4 rings (SSSR count). The molecule has 2 aliphatic rings. The molecule has 2 amide bonds. The number of carbonyl (C=O) groups is 1. The average Bonchev–Trinajstić information content (AvgIpc) is 3.10. The smallest absolute Gasteiger partial charge is 0.321 e. The Morgan fingerprint density at radius 3 is 3.25 bits per heavy atom. The number of anilines is 1. The Hall–Kier alpha value is -2.61. The monoisotopic (exact) mass is 329 g/mol. The van der Waals surface area contributed by atoms with Gasteiger partial charge >= 0.3 is 6.03 Å². The molecule has 0 unspecified atom stereocenters. The topological polar surface area (TPSA) is 81.5 Å². The molecule has 1 aromatic heterocycles. The molecule has 0 radical (unpaired) electrons. The summed E-state index contributed by atoms with van der Waals surface area (Å²) < 4.78 is 13.0. The third-order valence-electron chi connectivity index (χ3n) is 4.54. The number of fused-ring (bicyclic) bond motifs is 3. The molecule has 1 aromatic carbocycles. The van der Waals surface area contributed by atoms with Gasteiger partial charge in [-0.1, -0.05) is 11.3 Å². The van der Waals surface area contributed by atoms with Gasteiger partial charge in [-0.15, -0.1) is 5.10 Å². The lowest BCUT2D eigenvalue weighted by Crippen LogP contribution is -2.51. The van der Waals surface area contributed by atoms with Gasteiger partial charge in [-0.05, 0) is 18.6 Å². The van der Waals surface area contributed by atoms with Crippen LogP contribution in [-0.4, -0.2) is 52.2 Å². The predicted molar refractivity (Wildman–Crippen MR) is 85.8 cm³/mol. The number of rotatable bonds is 2. The van der Waals surface area contributed by atoms with E-state index in [9.17, 15) is 4.79 Å². The van der Waals surface area contributed by atoms with Crippen LogP contribution in [0.1, 0.15) is 18.2 Å². The number of hydrogen-bond acceptors (Lipinski definition) is 5. The van der Waals surface area contributed by atoms with Crippen molar-refractivity contribution in [3.05, 3.63) is 36.2 Å². The second-order valence-electron chi connectivity index (χ2n) is 5.98. The number of urea groups is 1. The Morgan fingerprint density at radius 2 is 2.38 bits per heavy atom. The number of amides is 2. The van der Waals surface area contributed by atoms with Crippen LogP contribution in [0, 0.1) is 0 Å². The minimum Gasteiger partial charge on any atom is -0.497 e. The number of carbonyl (C=O) groups excluding carboxylic acids is 1. The zero-order chi connectivity index (χ0) is 16.5. The molecule has 2 atom stereocenters. The first-order valence-corrected chi connectivity index (χ1v) is 7.95. The van der Waals surface area contributed by atoms with Crippen LogP contribution in [0.5, 0.6) is 5.75 Å². The van der Waals surface area contributed by atoms with Crippen molar-refractivity contribution in [3.63, 3.8) is 0 Å². The van der Waals surface area contributed by atoms with Crippen molar-refractivity contribution in [2.45, 2.75) is 25.2 Å². The minimum absolute atomic E-state index is 0.0518. The van der Waals surface area contributed by atoms with E-state index in [4.69, 9.17) is 9.47 Å². The van der Waals surface area contributed by atoms with Crippen molar-refractivity contribution < 1.29 is 14.3 Å². The number of methoxy groups -OCH3 is 1. The highest BCUT2D eigenvalue weighted by Crippen LogP contribution is 2.30. The highest BCUT2D eigenvalue weighted by molar-refractivity contribution is 5.89. The maximum Gasteiger partial charge on any atom is 0.321 e. The van der Waals surface area contributed by atoms with Crippen LogP contribution in [-0.2, 0) is 11.3 Å². The van der Waals surface area contributed by atoms with Crippen LogP contribution in [0.25, 0.3) is 0 Å². The first kappa shape index (κ1) is 14.9. The van der Waals surface area contributed by atoms with Crippen LogP contribution in [0.2, 0.25) is 0 Å². The van der Waals surface area contributed by atoms with Gasteiger partial charge < -0.3 is 19.7 Å². The van der Waals surface area contributed by atoms with E-state index < -0.39 is 0 Å². The van der Waals surface area contributed by atoms with E-state index in [-0.39, 0.29) is 18.2 Å². The number of piperidine rings is 1. The molecular formula is C16H19N5O3. The van der Waals surface area contributed by atoms with Crippen molar-refractivity contribution >= 4 is 11.7 Å². The SMILES string of the molecule is COc1cccc(NC(=O)N2CC[C@@H]3[C@@H](C2)OCc2cnnn23)c1. The lowest BCUT2D eigenvalue weighted by molar-refractivity contribution is -0.0595. The molecule has 8 heteroatoms. The van der Waals surface area contributed by atoms with Crippen molar-refractivity contribution in [2.24, 2.45) is 0 Å². The summed E-state index contributed by atoms with van der Waals surface area (Å²) in [6.45, 7) is 1.68. The number of hydrogen-bond donors (Lipinski definition) is 1. The van der Waals surface area contributed by atoms with Gasteiger partial charge in [-0.25, -0.2) is 9.48 Å². The molecule has 1 saturated heterocycles. The van der Waals surface area contributed by atoms with Crippen LogP contribution in [0.3, 0.4) is 0 Å². The molecule has 126 valence electrons. The Balaban J connectivity index is 1.42. The fraction of sp³-hybridized carbons (Fsp3) is 0.438. The van der Waals surface area contributed by atoms with Crippen molar-refractivity contribution in [1.29, 1.82) is 0 Å². The second kappa shape index (κ2) is 6.12. The summed E-state index contributed by atoms with van der Waals surface area (Å²) in [5, 5.41) is 11.0. The van der Waals surface area contributed by atoms with Gasteiger partial charge in [0.1, 0.15) is 5.75 Å². The van der Waals surface area contributed by atoms with Crippen LogP contribution < -0.4 is 10.1 Å². The molecule has 0 spiro atoms. The maximum absolute atomic E-state index is 12.5. The van der Waals surface area contributed by atoms with Crippen molar-refractivity contribution in [2.75, 3.05) is 25.5 Å². The van der Waals surface area contributed by atoms with E-state index in [0.29, 0.717) is 31.1 Å². The lowest BCUT2D eigenvalue weighted by atomic mass is 10.0. The summed E-state index contributed by atoms with van der Waals surface area (Å²) >= 11 is 0. The summed E-state index contributed by atoms with van der Waals surface area (Å²) in [7, 11) is 1.60. The number of benzene rings is 1. The highest BCUT2D eigenvalue weighted by Gasteiger charge is 2.37. The summed E-state index contributed by atoms with van der Waals surface area (Å²) in [6, 6.07) is 7.34. The number of nitrogens with zero attached hydrogens (tertiary/aromatic N) is 4. The summed E-state index contributed by atoms with van der Waals surface area (Å²) in [5.74, 6) is 0.709. The first-order chi connectivity index (χ1) is 11.7. The Labute approximate surface area is 139 Å². The van der Waals surface area contributed by atoms with Crippen molar-refractivity contribution in [3.8, 4) is 5.75 Å². The standard InChI is InChI=1S/C16H19N5O3/c1-23-13-4-2-3-11(7-13)18-16(22)20-6-5-14-15(9-20)24-10-12-8-17-19-21(12)14/h2-4,7-8,14-15H,5-6,9-10H2,1H3,(H,18,22)/t14-,15-/m1/s1. The molecule has 2 aliphatic heterocycles. The molecule has 2 aromatic rings. The van der Waals surface area contributed by atoms with E-state index in [1.165, 1.54) is 0 Å². The summed E-state index contributed by atoms with van der Waals surface area (Å²) in [5.41, 5.74) is 1.70. The van der Waals surface area contributed by atoms with E-state index in [1.807, 2.05) is 22.9 Å². The first-order valence-electron chi connectivity index (χ1n) is 7.95. The Bertz CT molecular complexity index is 747. The van der Waals surface area contributed by atoms with Gasteiger partial charge in [-0.3, -0.25) is 0 Å².